The maximum atomic E-state index is 11.2. The second-order valence-electron chi connectivity index (χ2n) is 5.19. The van der Waals surface area contributed by atoms with E-state index in [2.05, 4.69) is 27.3 Å². The number of benzene rings is 1. The summed E-state index contributed by atoms with van der Waals surface area (Å²) in [4.78, 5) is 11.2. The minimum atomic E-state index is -0.755. The molecule has 2 N–H and O–H groups in total. The fourth-order valence-corrected chi connectivity index (χ4v) is 3.14. The van der Waals surface area contributed by atoms with Gasteiger partial charge in [-0.25, -0.2) is 0 Å². The Kier molecular flexibility index (Phi) is 3.50. The lowest BCUT2D eigenvalue weighted by Gasteiger charge is -2.15. The predicted octanol–water partition coefficient (Wildman–Crippen LogP) is 2.34. The number of carboxylic acid groups (broad SMARTS) is 1. The Labute approximate surface area is 120 Å². The van der Waals surface area contributed by atoms with Gasteiger partial charge in [0.1, 0.15) is 11.8 Å². The van der Waals surface area contributed by atoms with Crippen molar-refractivity contribution in [2.24, 2.45) is 5.92 Å². The molecule has 3 rings (SSSR count). The molecule has 19 heavy (non-hydrogen) atoms. The van der Waals surface area contributed by atoms with Gasteiger partial charge in [0.2, 0.25) is 0 Å². The number of nitrogens with one attached hydrogen (secondary N) is 1. The number of ether oxygens (including phenoxy) is 1. The molecule has 1 fully saturated rings. The van der Waals surface area contributed by atoms with Crippen LogP contribution in [0, 0.1) is 5.92 Å². The van der Waals surface area contributed by atoms with Crippen LogP contribution in [-0.2, 0) is 17.8 Å². The number of hydrogen-bond donors (Lipinski definition) is 2. The number of halogens is 1. The molecule has 0 spiro atoms. The van der Waals surface area contributed by atoms with Crippen LogP contribution >= 0.6 is 15.9 Å². The third-order valence-electron chi connectivity index (χ3n) is 3.70. The Morgan fingerprint density at radius 3 is 3.00 bits per heavy atom. The van der Waals surface area contributed by atoms with Crippen molar-refractivity contribution >= 4 is 21.9 Å². The van der Waals surface area contributed by atoms with Gasteiger partial charge in [0.05, 0.1) is 6.61 Å². The molecule has 1 aliphatic heterocycles. The molecule has 102 valence electrons. The molecule has 0 radical (unpaired) electrons. The van der Waals surface area contributed by atoms with Gasteiger partial charge in [-0.3, -0.25) is 10.1 Å². The smallest absolute Gasteiger partial charge is 0.320 e. The first-order valence-electron chi connectivity index (χ1n) is 6.55. The van der Waals surface area contributed by atoms with Gasteiger partial charge in [-0.2, -0.15) is 0 Å². The average molecular weight is 326 g/mol. The van der Waals surface area contributed by atoms with Gasteiger partial charge in [0.15, 0.2) is 0 Å². The highest BCUT2D eigenvalue weighted by molar-refractivity contribution is 9.10. The molecule has 0 saturated heterocycles. The first-order valence-corrected chi connectivity index (χ1v) is 7.35. The van der Waals surface area contributed by atoms with Crippen molar-refractivity contribution in [2.45, 2.75) is 31.8 Å². The summed E-state index contributed by atoms with van der Waals surface area (Å²) in [6, 6.07) is 3.64. The van der Waals surface area contributed by atoms with Gasteiger partial charge in [-0.15, -0.1) is 0 Å². The normalized spacial score (nSPS) is 18.8. The molecule has 0 aromatic heterocycles. The van der Waals surface area contributed by atoms with E-state index in [1.807, 2.05) is 6.07 Å². The fraction of sp³-hybridized carbons (Fsp3) is 0.500. The van der Waals surface area contributed by atoms with Crippen LogP contribution in [0.25, 0.3) is 0 Å². The van der Waals surface area contributed by atoms with Crippen molar-refractivity contribution in [1.82, 2.24) is 5.32 Å². The zero-order valence-electron chi connectivity index (χ0n) is 10.5. The summed E-state index contributed by atoms with van der Waals surface area (Å²) in [6.45, 7) is 1.25. The van der Waals surface area contributed by atoms with E-state index >= 15 is 0 Å². The summed E-state index contributed by atoms with van der Waals surface area (Å²) in [5.41, 5.74) is 2.23. The molecule has 1 aromatic rings. The van der Waals surface area contributed by atoms with Crippen LogP contribution in [0.3, 0.4) is 0 Å². The summed E-state index contributed by atoms with van der Waals surface area (Å²) in [5.74, 6) is 0.462. The van der Waals surface area contributed by atoms with E-state index in [0.717, 1.165) is 35.0 Å². The molecule has 1 heterocycles. The van der Waals surface area contributed by atoms with E-state index in [9.17, 15) is 9.90 Å². The highest BCUT2D eigenvalue weighted by Crippen LogP contribution is 2.35. The van der Waals surface area contributed by atoms with E-state index < -0.39 is 12.0 Å². The van der Waals surface area contributed by atoms with E-state index in [0.29, 0.717) is 19.1 Å². The summed E-state index contributed by atoms with van der Waals surface area (Å²) >= 11 is 3.49. The fourth-order valence-electron chi connectivity index (χ4n) is 2.58. The maximum absolute atomic E-state index is 11.2. The minimum Gasteiger partial charge on any atom is -0.493 e. The van der Waals surface area contributed by atoms with Crippen LogP contribution in [0.4, 0.5) is 0 Å². The van der Waals surface area contributed by atoms with Gasteiger partial charge in [0.25, 0.3) is 0 Å². The van der Waals surface area contributed by atoms with Crippen molar-refractivity contribution in [1.29, 1.82) is 0 Å². The molecular formula is C14H16BrNO3. The SMILES string of the molecule is O=C(O)C(NCc1cc(Br)cc2c1OCC2)C1CC1. The molecule has 2 aliphatic rings. The lowest BCUT2D eigenvalue weighted by Crippen LogP contribution is -2.38. The molecule has 0 bridgehead atoms. The molecule has 4 nitrogen and oxygen atoms in total. The van der Waals surface area contributed by atoms with Crippen LogP contribution in [-0.4, -0.2) is 23.7 Å². The third-order valence-corrected chi connectivity index (χ3v) is 4.16. The van der Waals surface area contributed by atoms with Gasteiger partial charge < -0.3 is 9.84 Å². The number of fused-ring (bicyclic) bond motifs is 1. The Bertz CT molecular complexity index is 514. The minimum absolute atomic E-state index is 0.290. The number of carboxylic acids is 1. The highest BCUT2D eigenvalue weighted by Gasteiger charge is 2.36. The van der Waals surface area contributed by atoms with Crippen LogP contribution in [0.5, 0.6) is 5.75 Å². The third kappa shape index (κ3) is 2.77. The monoisotopic (exact) mass is 325 g/mol. The molecule has 1 saturated carbocycles. The van der Waals surface area contributed by atoms with Crippen LogP contribution < -0.4 is 10.1 Å². The molecule has 1 aromatic carbocycles. The summed E-state index contributed by atoms with van der Waals surface area (Å²) in [7, 11) is 0. The van der Waals surface area contributed by atoms with Crippen LogP contribution in [0.15, 0.2) is 16.6 Å². The molecule has 0 amide bonds. The summed E-state index contributed by atoms with van der Waals surface area (Å²) in [5, 5.41) is 12.4. The standard InChI is InChI=1S/C14H16BrNO3/c15-11-5-9-3-4-19-13(9)10(6-11)7-16-12(14(17)18)8-1-2-8/h5-6,8,12,16H,1-4,7H2,(H,17,18). The Hall–Kier alpha value is -1.07. The second-order valence-corrected chi connectivity index (χ2v) is 6.10. The summed E-state index contributed by atoms with van der Waals surface area (Å²) in [6.07, 6.45) is 2.95. The van der Waals surface area contributed by atoms with Gasteiger partial charge in [0, 0.05) is 23.0 Å². The van der Waals surface area contributed by atoms with E-state index in [4.69, 9.17) is 4.74 Å². The highest BCUT2D eigenvalue weighted by atomic mass is 79.9. The number of rotatable bonds is 5. The van der Waals surface area contributed by atoms with E-state index in [-0.39, 0.29) is 0 Å². The lowest BCUT2D eigenvalue weighted by molar-refractivity contribution is -0.140. The number of hydrogen-bond acceptors (Lipinski definition) is 3. The molecule has 1 aliphatic carbocycles. The molecule has 1 atom stereocenters. The zero-order valence-corrected chi connectivity index (χ0v) is 12.1. The quantitative estimate of drug-likeness (QED) is 0.872. The van der Waals surface area contributed by atoms with Crippen LogP contribution in [0.2, 0.25) is 0 Å². The zero-order chi connectivity index (χ0) is 13.4. The molecule has 5 heteroatoms. The second kappa shape index (κ2) is 5.13. The van der Waals surface area contributed by atoms with Gasteiger partial charge in [-0.05, 0) is 36.5 Å². The van der Waals surface area contributed by atoms with Crippen molar-refractivity contribution in [3.8, 4) is 5.75 Å². The van der Waals surface area contributed by atoms with Gasteiger partial charge >= 0.3 is 5.97 Å². The summed E-state index contributed by atoms with van der Waals surface area (Å²) < 4.78 is 6.67. The topological polar surface area (TPSA) is 58.6 Å². The average Bonchev–Trinajstić information content (AvgIpc) is 3.06. The largest absolute Gasteiger partial charge is 0.493 e. The lowest BCUT2D eigenvalue weighted by atomic mass is 10.1. The predicted molar refractivity (Wildman–Crippen MR) is 74.3 cm³/mol. The van der Waals surface area contributed by atoms with Crippen molar-refractivity contribution in [3.05, 3.63) is 27.7 Å². The van der Waals surface area contributed by atoms with Crippen molar-refractivity contribution < 1.29 is 14.6 Å². The first kappa shape index (κ1) is 12.9. The van der Waals surface area contributed by atoms with Crippen molar-refractivity contribution in [3.63, 3.8) is 0 Å². The number of carbonyl (C=O) groups is 1. The maximum Gasteiger partial charge on any atom is 0.320 e. The Morgan fingerprint density at radius 1 is 1.53 bits per heavy atom. The first-order chi connectivity index (χ1) is 9.15. The van der Waals surface area contributed by atoms with Crippen molar-refractivity contribution in [2.75, 3.05) is 6.61 Å². The molecule has 1 unspecified atom stereocenters. The van der Waals surface area contributed by atoms with E-state index in [1.54, 1.807) is 0 Å². The molecular weight excluding hydrogens is 310 g/mol. The van der Waals surface area contributed by atoms with E-state index in [1.165, 1.54) is 5.56 Å². The van der Waals surface area contributed by atoms with Gasteiger partial charge in [-0.1, -0.05) is 15.9 Å². The Balaban J connectivity index is 1.74. The van der Waals surface area contributed by atoms with Crippen LogP contribution in [0.1, 0.15) is 24.0 Å². The number of aliphatic carboxylic acids is 1. The Morgan fingerprint density at radius 2 is 2.32 bits per heavy atom.